The molecule has 0 aliphatic heterocycles. The van der Waals surface area contributed by atoms with Crippen molar-refractivity contribution < 1.29 is 13.2 Å². The first-order chi connectivity index (χ1) is 7.28. The van der Waals surface area contributed by atoms with Gasteiger partial charge in [-0.25, -0.2) is 8.42 Å². The van der Waals surface area contributed by atoms with Crippen LogP contribution in [-0.2, 0) is 14.8 Å². The minimum Gasteiger partial charge on any atom is -0.343 e. The van der Waals surface area contributed by atoms with Gasteiger partial charge in [0, 0.05) is 20.1 Å². The van der Waals surface area contributed by atoms with Crippen LogP contribution < -0.4 is 4.72 Å². The topological polar surface area (TPSA) is 71.8 Å². The average Bonchev–Trinajstić information content (AvgIpc) is 2.22. The molecular formula is C9H20N3O3S. The van der Waals surface area contributed by atoms with Gasteiger partial charge in [-0.2, -0.15) is 0 Å². The molecular weight excluding hydrogens is 230 g/mol. The molecule has 6 nitrogen and oxygen atoms in total. The Morgan fingerprint density at radius 1 is 1.19 bits per heavy atom. The molecule has 0 saturated carbocycles. The van der Waals surface area contributed by atoms with Gasteiger partial charge in [-0.15, -0.1) is 4.72 Å². The zero-order chi connectivity index (χ0) is 12.8. The van der Waals surface area contributed by atoms with Crippen molar-refractivity contribution in [1.29, 1.82) is 0 Å². The van der Waals surface area contributed by atoms with E-state index in [1.807, 2.05) is 19.0 Å². The van der Waals surface area contributed by atoms with Gasteiger partial charge in [0.15, 0.2) is 0 Å². The third-order valence-electron chi connectivity index (χ3n) is 2.07. The summed E-state index contributed by atoms with van der Waals surface area (Å²) in [6.07, 6.45) is 0. The first-order valence-electron chi connectivity index (χ1n) is 5.08. The van der Waals surface area contributed by atoms with E-state index in [-0.39, 0.29) is 18.2 Å². The lowest BCUT2D eigenvalue weighted by molar-refractivity contribution is -0.128. The summed E-state index contributed by atoms with van der Waals surface area (Å²) in [6, 6.07) is 0. The summed E-state index contributed by atoms with van der Waals surface area (Å²) in [7, 11) is 2.04. The molecule has 0 rings (SSSR count). The largest absolute Gasteiger partial charge is 0.343 e. The molecule has 0 fully saturated rings. The van der Waals surface area contributed by atoms with Gasteiger partial charge in [0.25, 0.3) is 0 Å². The number of hydrogen-bond donors (Lipinski definition) is 0. The SMILES string of the molecule is CCS(=O)(=O)[N]CC(=O)N(C)CCN(C)C. The molecule has 95 valence electrons. The molecule has 16 heavy (non-hydrogen) atoms. The highest BCUT2D eigenvalue weighted by Crippen LogP contribution is 1.89. The van der Waals surface area contributed by atoms with Crippen molar-refractivity contribution in [2.75, 3.05) is 46.5 Å². The van der Waals surface area contributed by atoms with Gasteiger partial charge < -0.3 is 9.80 Å². The van der Waals surface area contributed by atoms with Crippen LogP contribution in [0, 0.1) is 0 Å². The van der Waals surface area contributed by atoms with E-state index in [4.69, 9.17) is 0 Å². The fourth-order valence-corrected chi connectivity index (χ4v) is 1.33. The summed E-state index contributed by atoms with van der Waals surface area (Å²) in [4.78, 5) is 14.9. The molecule has 7 heteroatoms. The number of carbonyl (C=O) groups excluding carboxylic acids is 1. The van der Waals surface area contributed by atoms with Crippen LogP contribution in [0.1, 0.15) is 6.92 Å². The molecule has 1 radical (unpaired) electrons. The monoisotopic (exact) mass is 250 g/mol. The van der Waals surface area contributed by atoms with Crippen LogP contribution in [0.5, 0.6) is 0 Å². The van der Waals surface area contributed by atoms with Gasteiger partial charge in [-0.05, 0) is 21.0 Å². The number of rotatable bonds is 7. The number of amides is 1. The van der Waals surface area contributed by atoms with E-state index in [0.717, 1.165) is 6.54 Å². The molecule has 1 amide bonds. The quantitative estimate of drug-likeness (QED) is 0.578. The predicted octanol–water partition coefficient (Wildman–Crippen LogP) is -1.04. The number of likely N-dealkylation sites (N-methyl/N-ethyl adjacent to an activating group) is 2. The van der Waals surface area contributed by atoms with Crippen molar-refractivity contribution in [3.8, 4) is 0 Å². The van der Waals surface area contributed by atoms with Crippen molar-refractivity contribution in [3.63, 3.8) is 0 Å². The molecule has 0 aliphatic rings. The van der Waals surface area contributed by atoms with Crippen molar-refractivity contribution >= 4 is 15.9 Å². The Kier molecular flexibility index (Phi) is 6.54. The number of nitrogens with zero attached hydrogens (tertiary/aromatic N) is 3. The highest BCUT2D eigenvalue weighted by Gasteiger charge is 2.14. The molecule has 0 saturated heterocycles. The van der Waals surface area contributed by atoms with Crippen LogP contribution in [0.15, 0.2) is 0 Å². The predicted molar refractivity (Wildman–Crippen MR) is 62.7 cm³/mol. The van der Waals surface area contributed by atoms with E-state index < -0.39 is 10.0 Å². The van der Waals surface area contributed by atoms with Gasteiger partial charge in [0.2, 0.25) is 15.9 Å². The Morgan fingerprint density at radius 3 is 2.19 bits per heavy atom. The summed E-state index contributed by atoms with van der Waals surface area (Å²) < 4.78 is 25.5. The Hall–Kier alpha value is -0.660. The molecule has 0 aromatic rings. The van der Waals surface area contributed by atoms with Gasteiger partial charge >= 0.3 is 0 Å². The fourth-order valence-electron chi connectivity index (χ4n) is 0.840. The number of hydrogen-bond acceptors (Lipinski definition) is 4. The highest BCUT2D eigenvalue weighted by atomic mass is 32.2. The highest BCUT2D eigenvalue weighted by molar-refractivity contribution is 7.89. The second-order valence-corrected chi connectivity index (χ2v) is 5.78. The Labute approximate surface area is 97.7 Å². The molecule has 0 unspecified atom stereocenters. The molecule has 0 atom stereocenters. The van der Waals surface area contributed by atoms with E-state index in [2.05, 4.69) is 4.72 Å². The summed E-state index contributed by atoms with van der Waals surface area (Å²) in [6.45, 7) is 2.51. The Balaban J connectivity index is 3.98. The van der Waals surface area contributed by atoms with Crippen LogP contribution in [-0.4, -0.2) is 70.7 Å². The number of carbonyl (C=O) groups is 1. The molecule has 0 aliphatic carbocycles. The van der Waals surface area contributed by atoms with E-state index in [1.54, 1.807) is 7.05 Å². The Bertz CT molecular complexity index is 314. The minimum atomic E-state index is -3.41. The van der Waals surface area contributed by atoms with Crippen molar-refractivity contribution in [2.24, 2.45) is 0 Å². The van der Waals surface area contributed by atoms with Crippen LogP contribution in [0.3, 0.4) is 0 Å². The second-order valence-electron chi connectivity index (χ2n) is 3.78. The van der Waals surface area contributed by atoms with E-state index in [9.17, 15) is 13.2 Å². The molecule has 0 heterocycles. The maximum Gasteiger partial charge on any atom is 0.239 e. The zero-order valence-electron chi connectivity index (χ0n) is 10.3. The maximum atomic E-state index is 11.5. The molecule has 0 N–H and O–H groups in total. The maximum absolute atomic E-state index is 11.5. The van der Waals surface area contributed by atoms with Crippen LogP contribution in [0.2, 0.25) is 0 Å². The van der Waals surface area contributed by atoms with Crippen molar-refractivity contribution in [3.05, 3.63) is 0 Å². The summed E-state index contributed by atoms with van der Waals surface area (Å²) in [5, 5.41) is 0. The minimum absolute atomic E-state index is 0.0678. The van der Waals surface area contributed by atoms with E-state index in [1.165, 1.54) is 11.8 Å². The summed E-state index contributed by atoms with van der Waals surface area (Å²) in [5.74, 6) is -0.347. The van der Waals surface area contributed by atoms with E-state index >= 15 is 0 Å². The first-order valence-corrected chi connectivity index (χ1v) is 6.69. The third-order valence-corrected chi connectivity index (χ3v) is 3.32. The smallest absolute Gasteiger partial charge is 0.239 e. The van der Waals surface area contributed by atoms with Gasteiger partial charge in [-0.1, -0.05) is 0 Å². The fraction of sp³-hybridized carbons (Fsp3) is 0.889. The zero-order valence-corrected chi connectivity index (χ0v) is 11.1. The number of sulfonamides is 1. The summed E-state index contributed by atoms with van der Waals surface area (Å²) >= 11 is 0. The lowest BCUT2D eigenvalue weighted by atomic mass is 10.4. The first kappa shape index (κ1) is 15.3. The molecule has 0 bridgehead atoms. The molecule has 0 aromatic carbocycles. The van der Waals surface area contributed by atoms with Crippen LogP contribution >= 0.6 is 0 Å². The normalized spacial score (nSPS) is 11.8. The van der Waals surface area contributed by atoms with Crippen LogP contribution in [0.25, 0.3) is 0 Å². The van der Waals surface area contributed by atoms with Crippen molar-refractivity contribution in [2.45, 2.75) is 6.92 Å². The lowest BCUT2D eigenvalue weighted by Gasteiger charge is -2.19. The standard InChI is InChI=1S/C9H20N3O3S/c1-5-16(14,15)10-8-9(13)12(4)7-6-11(2)3/h5-8H2,1-4H3. The summed E-state index contributed by atoms with van der Waals surface area (Å²) in [5.41, 5.74) is 0. The van der Waals surface area contributed by atoms with Crippen molar-refractivity contribution in [1.82, 2.24) is 14.5 Å². The average molecular weight is 250 g/mol. The molecule has 0 spiro atoms. The second kappa shape index (κ2) is 6.82. The van der Waals surface area contributed by atoms with Gasteiger partial charge in [-0.3, -0.25) is 4.79 Å². The van der Waals surface area contributed by atoms with Crippen LogP contribution in [0.4, 0.5) is 0 Å². The lowest BCUT2D eigenvalue weighted by Crippen LogP contribution is -2.38. The third kappa shape index (κ3) is 6.76. The van der Waals surface area contributed by atoms with Gasteiger partial charge in [0.1, 0.15) is 6.54 Å². The van der Waals surface area contributed by atoms with Gasteiger partial charge in [0.05, 0.1) is 5.75 Å². The Morgan fingerprint density at radius 2 is 1.75 bits per heavy atom. The molecule has 0 aromatic heterocycles. The van der Waals surface area contributed by atoms with E-state index in [0.29, 0.717) is 6.54 Å².